The molecule has 0 saturated carbocycles. The minimum absolute atomic E-state index is 0.114. The molecule has 1 aromatic carbocycles. The van der Waals surface area contributed by atoms with Gasteiger partial charge >= 0.3 is 11.9 Å². The van der Waals surface area contributed by atoms with Crippen LogP contribution in [0, 0.1) is 13.8 Å². The highest BCUT2D eigenvalue weighted by Crippen LogP contribution is 2.17. The van der Waals surface area contributed by atoms with Gasteiger partial charge in [0.25, 0.3) is 0 Å². The lowest BCUT2D eigenvalue weighted by Gasteiger charge is -2.10. The lowest BCUT2D eigenvalue weighted by molar-refractivity contribution is -0.142. The SMILES string of the molecule is CC(=O)OCc1cc(C)cc(C(=O)O)c1C. The molecule has 1 rings (SSSR count). The maximum absolute atomic E-state index is 11.0. The van der Waals surface area contributed by atoms with Crippen LogP contribution in [0.1, 0.15) is 34.0 Å². The molecule has 4 heteroatoms. The number of rotatable bonds is 3. The maximum Gasteiger partial charge on any atom is 0.335 e. The smallest absolute Gasteiger partial charge is 0.335 e. The van der Waals surface area contributed by atoms with Gasteiger partial charge in [0, 0.05) is 6.92 Å². The highest BCUT2D eigenvalue weighted by Gasteiger charge is 2.12. The number of aromatic carboxylic acids is 1. The molecule has 0 aliphatic carbocycles. The molecule has 0 aromatic heterocycles. The largest absolute Gasteiger partial charge is 0.478 e. The number of ether oxygens (including phenoxy) is 1. The molecule has 0 spiro atoms. The molecule has 1 aromatic rings. The third-order valence-electron chi connectivity index (χ3n) is 2.32. The predicted octanol–water partition coefficient (Wildman–Crippen LogP) is 2.06. The highest BCUT2D eigenvalue weighted by molar-refractivity contribution is 5.90. The number of carbonyl (C=O) groups excluding carboxylic acids is 1. The normalized spacial score (nSPS) is 9.94. The standard InChI is InChI=1S/C12H14O4/c1-7-4-10(6-16-9(3)13)8(2)11(5-7)12(14)15/h4-5H,6H2,1-3H3,(H,14,15). The van der Waals surface area contributed by atoms with E-state index in [1.165, 1.54) is 6.92 Å². The Morgan fingerprint density at radius 1 is 1.31 bits per heavy atom. The summed E-state index contributed by atoms with van der Waals surface area (Å²) in [5.41, 5.74) is 2.46. The second-order valence-corrected chi connectivity index (χ2v) is 3.68. The van der Waals surface area contributed by atoms with Crippen LogP contribution < -0.4 is 0 Å². The molecule has 0 aliphatic heterocycles. The van der Waals surface area contributed by atoms with Gasteiger partial charge in [-0.05, 0) is 36.6 Å². The van der Waals surface area contributed by atoms with Gasteiger partial charge in [-0.15, -0.1) is 0 Å². The van der Waals surface area contributed by atoms with Crippen LogP contribution in [0.5, 0.6) is 0 Å². The first-order chi connectivity index (χ1) is 7.41. The Labute approximate surface area is 93.9 Å². The average molecular weight is 222 g/mol. The molecule has 16 heavy (non-hydrogen) atoms. The van der Waals surface area contributed by atoms with E-state index in [-0.39, 0.29) is 18.1 Å². The van der Waals surface area contributed by atoms with Crippen LogP contribution in [0.3, 0.4) is 0 Å². The molecule has 0 radical (unpaired) electrons. The van der Waals surface area contributed by atoms with Crippen molar-refractivity contribution < 1.29 is 19.4 Å². The van der Waals surface area contributed by atoms with Crippen LogP contribution in [-0.2, 0) is 16.1 Å². The van der Waals surface area contributed by atoms with E-state index in [0.717, 1.165) is 11.1 Å². The van der Waals surface area contributed by atoms with Crippen LogP contribution in [0.25, 0.3) is 0 Å². The summed E-state index contributed by atoms with van der Waals surface area (Å²) < 4.78 is 4.87. The van der Waals surface area contributed by atoms with E-state index in [1.807, 2.05) is 13.0 Å². The molecule has 86 valence electrons. The molecule has 0 bridgehead atoms. The molecule has 0 unspecified atom stereocenters. The number of carbonyl (C=O) groups is 2. The lowest BCUT2D eigenvalue weighted by Crippen LogP contribution is -2.06. The molecular weight excluding hydrogens is 208 g/mol. The van der Waals surface area contributed by atoms with Gasteiger partial charge in [0.1, 0.15) is 6.61 Å². The molecular formula is C12H14O4. The molecule has 0 atom stereocenters. The van der Waals surface area contributed by atoms with Crippen molar-refractivity contribution in [3.63, 3.8) is 0 Å². The Hall–Kier alpha value is -1.84. The Balaban J connectivity index is 3.09. The van der Waals surface area contributed by atoms with Crippen molar-refractivity contribution in [1.29, 1.82) is 0 Å². The summed E-state index contributed by atoms with van der Waals surface area (Å²) in [7, 11) is 0. The topological polar surface area (TPSA) is 63.6 Å². The Morgan fingerprint density at radius 2 is 1.94 bits per heavy atom. The minimum atomic E-state index is -0.967. The molecule has 4 nitrogen and oxygen atoms in total. The van der Waals surface area contributed by atoms with Gasteiger partial charge in [-0.2, -0.15) is 0 Å². The van der Waals surface area contributed by atoms with Crippen molar-refractivity contribution in [1.82, 2.24) is 0 Å². The Kier molecular flexibility index (Phi) is 3.66. The number of esters is 1. The van der Waals surface area contributed by atoms with Crippen molar-refractivity contribution in [2.75, 3.05) is 0 Å². The van der Waals surface area contributed by atoms with E-state index in [0.29, 0.717) is 5.56 Å². The maximum atomic E-state index is 11.0. The number of hydrogen-bond donors (Lipinski definition) is 1. The second-order valence-electron chi connectivity index (χ2n) is 3.68. The molecule has 0 fully saturated rings. The van der Waals surface area contributed by atoms with Crippen molar-refractivity contribution in [3.05, 3.63) is 34.4 Å². The summed E-state index contributed by atoms with van der Waals surface area (Å²) in [6.07, 6.45) is 0. The summed E-state index contributed by atoms with van der Waals surface area (Å²) in [5.74, 6) is -1.34. The van der Waals surface area contributed by atoms with E-state index in [4.69, 9.17) is 9.84 Å². The van der Waals surface area contributed by atoms with Gasteiger partial charge in [0.05, 0.1) is 5.56 Å². The van der Waals surface area contributed by atoms with E-state index in [2.05, 4.69) is 0 Å². The summed E-state index contributed by atoms with van der Waals surface area (Å²) in [6, 6.07) is 3.43. The van der Waals surface area contributed by atoms with Crippen LogP contribution in [0.4, 0.5) is 0 Å². The third kappa shape index (κ3) is 2.82. The van der Waals surface area contributed by atoms with E-state index in [9.17, 15) is 9.59 Å². The molecule has 0 amide bonds. The van der Waals surface area contributed by atoms with Crippen LogP contribution in [0.15, 0.2) is 12.1 Å². The van der Waals surface area contributed by atoms with Crippen molar-refractivity contribution in [2.24, 2.45) is 0 Å². The van der Waals surface area contributed by atoms with Gasteiger partial charge in [-0.3, -0.25) is 4.79 Å². The fourth-order valence-corrected chi connectivity index (χ4v) is 1.49. The van der Waals surface area contributed by atoms with E-state index in [1.54, 1.807) is 13.0 Å². The Bertz CT molecular complexity index is 435. The fourth-order valence-electron chi connectivity index (χ4n) is 1.49. The van der Waals surface area contributed by atoms with Gasteiger partial charge in [0.2, 0.25) is 0 Å². The lowest BCUT2D eigenvalue weighted by atomic mass is 10.00. The van der Waals surface area contributed by atoms with Crippen LogP contribution in [-0.4, -0.2) is 17.0 Å². The number of benzene rings is 1. The number of carboxylic acid groups (broad SMARTS) is 1. The average Bonchev–Trinajstić information content (AvgIpc) is 2.18. The summed E-state index contributed by atoms with van der Waals surface area (Å²) in [4.78, 5) is 21.7. The summed E-state index contributed by atoms with van der Waals surface area (Å²) in [5, 5.41) is 8.98. The summed E-state index contributed by atoms with van der Waals surface area (Å²) in [6.45, 7) is 4.96. The zero-order chi connectivity index (χ0) is 12.3. The van der Waals surface area contributed by atoms with Crippen molar-refractivity contribution >= 4 is 11.9 Å². The number of hydrogen-bond acceptors (Lipinski definition) is 3. The van der Waals surface area contributed by atoms with Gasteiger partial charge in [-0.1, -0.05) is 6.07 Å². The van der Waals surface area contributed by atoms with Gasteiger partial charge < -0.3 is 9.84 Å². The Morgan fingerprint density at radius 3 is 2.44 bits per heavy atom. The molecule has 0 heterocycles. The van der Waals surface area contributed by atoms with Crippen LogP contribution >= 0.6 is 0 Å². The number of carboxylic acids is 1. The first-order valence-corrected chi connectivity index (χ1v) is 4.88. The molecule has 1 N–H and O–H groups in total. The first kappa shape index (κ1) is 12.2. The molecule has 0 aliphatic rings. The monoisotopic (exact) mass is 222 g/mol. The zero-order valence-electron chi connectivity index (χ0n) is 9.53. The summed E-state index contributed by atoms with van der Waals surface area (Å²) >= 11 is 0. The van der Waals surface area contributed by atoms with Crippen molar-refractivity contribution in [2.45, 2.75) is 27.4 Å². The fraction of sp³-hybridized carbons (Fsp3) is 0.333. The highest BCUT2D eigenvalue weighted by atomic mass is 16.5. The van der Waals surface area contributed by atoms with E-state index < -0.39 is 5.97 Å². The zero-order valence-corrected chi connectivity index (χ0v) is 9.53. The first-order valence-electron chi connectivity index (χ1n) is 4.88. The van der Waals surface area contributed by atoms with Crippen molar-refractivity contribution in [3.8, 4) is 0 Å². The predicted molar refractivity (Wildman–Crippen MR) is 58.3 cm³/mol. The quantitative estimate of drug-likeness (QED) is 0.795. The van der Waals surface area contributed by atoms with Crippen LogP contribution in [0.2, 0.25) is 0 Å². The third-order valence-corrected chi connectivity index (χ3v) is 2.32. The van der Waals surface area contributed by atoms with E-state index >= 15 is 0 Å². The molecule has 0 saturated heterocycles. The number of aryl methyl sites for hydroxylation is 1. The van der Waals surface area contributed by atoms with Gasteiger partial charge in [0.15, 0.2) is 0 Å². The van der Waals surface area contributed by atoms with Gasteiger partial charge in [-0.25, -0.2) is 4.79 Å². The minimum Gasteiger partial charge on any atom is -0.478 e. The second kappa shape index (κ2) is 4.79.